The average molecular weight is 394 g/mol. The van der Waals surface area contributed by atoms with E-state index in [1.807, 2.05) is 0 Å². The fourth-order valence-electron chi connectivity index (χ4n) is 2.87. The number of carbonyl (C=O) groups excluding carboxylic acids is 1. The monoisotopic (exact) mass is 394 g/mol. The maximum atomic E-state index is 12.7. The molecule has 0 unspecified atom stereocenters. The summed E-state index contributed by atoms with van der Waals surface area (Å²) in [6, 6.07) is -0.233. The molecule has 1 aliphatic rings. The number of aryl methyl sites for hydroxylation is 1. The van der Waals surface area contributed by atoms with Crippen molar-refractivity contribution in [1.29, 1.82) is 0 Å². The summed E-state index contributed by atoms with van der Waals surface area (Å²) >= 11 is 0. The van der Waals surface area contributed by atoms with Crippen LogP contribution in [0.1, 0.15) is 28.9 Å². The Morgan fingerprint density at radius 2 is 1.92 bits per heavy atom. The summed E-state index contributed by atoms with van der Waals surface area (Å²) in [6.07, 6.45) is -1.21. The SMILES string of the molecule is Cc1cnc(S(C)(=O)=O)nc1C(=O)N(C)C1CCN(CC(F)(F)F)CC1. The van der Waals surface area contributed by atoms with E-state index in [1.165, 1.54) is 16.0 Å². The number of halogens is 3. The van der Waals surface area contributed by atoms with Gasteiger partial charge >= 0.3 is 6.18 Å². The van der Waals surface area contributed by atoms with Gasteiger partial charge < -0.3 is 4.90 Å². The van der Waals surface area contributed by atoms with E-state index in [0.717, 1.165) is 6.26 Å². The fraction of sp³-hybridized carbons (Fsp3) is 0.667. The predicted molar refractivity (Wildman–Crippen MR) is 87.5 cm³/mol. The molecular weight excluding hydrogens is 373 g/mol. The van der Waals surface area contributed by atoms with Crippen molar-refractivity contribution in [2.75, 3.05) is 32.9 Å². The molecule has 0 bridgehead atoms. The van der Waals surface area contributed by atoms with Crippen molar-refractivity contribution in [1.82, 2.24) is 19.8 Å². The average Bonchev–Trinajstić information content (AvgIpc) is 2.52. The molecular formula is C15H21F3N4O3S. The van der Waals surface area contributed by atoms with Gasteiger partial charge in [-0.15, -0.1) is 0 Å². The second-order valence-corrected chi connectivity index (χ2v) is 8.40. The lowest BCUT2D eigenvalue weighted by molar-refractivity contribution is -0.148. The Bertz CT molecular complexity index is 775. The molecule has 1 amide bonds. The van der Waals surface area contributed by atoms with E-state index in [0.29, 0.717) is 18.4 Å². The molecule has 1 saturated heterocycles. The van der Waals surface area contributed by atoms with Crippen LogP contribution in [0.15, 0.2) is 11.4 Å². The molecule has 1 aromatic heterocycles. The van der Waals surface area contributed by atoms with Gasteiger partial charge in [-0.1, -0.05) is 0 Å². The molecule has 1 aromatic rings. The highest BCUT2D eigenvalue weighted by molar-refractivity contribution is 7.90. The van der Waals surface area contributed by atoms with Gasteiger partial charge in [0.15, 0.2) is 0 Å². The molecule has 0 spiro atoms. The Morgan fingerprint density at radius 1 is 1.35 bits per heavy atom. The van der Waals surface area contributed by atoms with Gasteiger partial charge in [-0.05, 0) is 25.3 Å². The van der Waals surface area contributed by atoms with Gasteiger partial charge in [-0.2, -0.15) is 13.2 Å². The first-order valence-corrected chi connectivity index (χ1v) is 9.87. The number of alkyl halides is 3. The van der Waals surface area contributed by atoms with Crippen molar-refractivity contribution in [2.45, 2.75) is 37.1 Å². The van der Waals surface area contributed by atoms with Gasteiger partial charge in [0.25, 0.3) is 5.91 Å². The summed E-state index contributed by atoms with van der Waals surface area (Å²) in [6.45, 7) is 1.11. The van der Waals surface area contributed by atoms with E-state index in [9.17, 15) is 26.4 Å². The Morgan fingerprint density at radius 3 is 2.42 bits per heavy atom. The van der Waals surface area contributed by atoms with Gasteiger partial charge in [-0.25, -0.2) is 18.4 Å². The Labute approximate surface area is 150 Å². The molecule has 0 radical (unpaired) electrons. The Balaban J connectivity index is 2.09. The Kier molecular flexibility index (Phi) is 5.91. The first kappa shape index (κ1) is 20.6. The third kappa shape index (κ3) is 5.13. The number of carbonyl (C=O) groups is 1. The van der Waals surface area contributed by atoms with Gasteiger partial charge in [0, 0.05) is 38.6 Å². The molecule has 2 rings (SSSR count). The predicted octanol–water partition coefficient (Wildman–Crippen LogP) is 1.29. The van der Waals surface area contributed by atoms with E-state index in [1.54, 1.807) is 14.0 Å². The van der Waals surface area contributed by atoms with Crippen LogP contribution >= 0.6 is 0 Å². The molecule has 146 valence electrons. The van der Waals surface area contributed by atoms with Gasteiger partial charge in [0.2, 0.25) is 15.0 Å². The quantitative estimate of drug-likeness (QED) is 0.716. The zero-order valence-electron chi connectivity index (χ0n) is 14.7. The summed E-state index contributed by atoms with van der Waals surface area (Å²) in [5.74, 6) is -0.468. The third-order valence-electron chi connectivity index (χ3n) is 4.31. The maximum Gasteiger partial charge on any atom is 0.401 e. The first-order valence-electron chi connectivity index (χ1n) is 7.98. The zero-order valence-corrected chi connectivity index (χ0v) is 15.6. The molecule has 1 fully saturated rings. The topological polar surface area (TPSA) is 83.5 Å². The molecule has 11 heteroatoms. The largest absolute Gasteiger partial charge is 0.401 e. The van der Waals surface area contributed by atoms with Crippen molar-refractivity contribution < 1.29 is 26.4 Å². The highest BCUT2D eigenvalue weighted by atomic mass is 32.2. The number of hydrogen-bond donors (Lipinski definition) is 0. The van der Waals surface area contributed by atoms with Crippen LogP contribution in [0, 0.1) is 6.92 Å². The zero-order chi connectivity index (χ0) is 19.7. The minimum absolute atomic E-state index is 0.0133. The third-order valence-corrected chi connectivity index (χ3v) is 5.17. The highest BCUT2D eigenvalue weighted by Gasteiger charge is 2.34. The van der Waals surface area contributed by atoms with Crippen molar-refractivity contribution in [2.24, 2.45) is 0 Å². The number of aromatic nitrogens is 2. The molecule has 0 atom stereocenters. The summed E-state index contributed by atoms with van der Waals surface area (Å²) in [7, 11) is -2.11. The minimum atomic E-state index is -4.24. The molecule has 26 heavy (non-hydrogen) atoms. The molecule has 1 aliphatic heterocycles. The van der Waals surface area contributed by atoms with Crippen molar-refractivity contribution in [3.8, 4) is 0 Å². The lowest BCUT2D eigenvalue weighted by Gasteiger charge is -2.36. The van der Waals surface area contributed by atoms with E-state index in [4.69, 9.17) is 0 Å². The van der Waals surface area contributed by atoms with Gasteiger partial charge in [-0.3, -0.25) is 9.69 Å². The smallest absolute Gasteiger partial charge is 0.337 e. The van der Waals surface area contributed by atoms with Crippen LogP contribution in [0.2, 0.25) is 0 Å². The van der Waals surface area contributed by atoms with Crippen molar-refractivity contribution in [3.63, 3.8) is 0 Å². The van der Waals surface area contributed by atoms with Crippen LogP contribution in [-0.2, 0) is 9.84 Å². The molecule has 0 saturated carbocycles. The van der Waals surface area contributed by atoms with Gasteiger partial charge in [0.1, 0.15) is 5.69 Å². The van der Waals surface area contributed by atoms with E-state index in [2.05, 4.69) is 9.97 Å². The van der Waals surface area contributed by atoms with Crippen molar-refractivity contribution >= 4 is 15.7 Å². The highest BCUT2D eigenvalue weighted by Crippen LogP contribution is 2.22. The fourth-order valence-corrected chi connectivity index (χ4v) is 3.37. The van der Waals surface area contributed by atoms with E-state index in [-0.39, 0.29) is 24.8 Å². The van der Waals surface area contributed by atoms with Crippen LogP contribution in [0.25, 0.3) is 0 Å². The van der Waals surface area contributed by atoms with Crippen LogP contribution < -0.4 is 0 Å². The van der Waals surface area contributed by atoms with Crippen LogP contribution in [0.3, 0.4) is 0 Å². The Hall–Kier alpha value is -1.75. The van der Waals surface area contributed by atoms with E-state index >= 15 is 0 Å². The van der Waals surface area contributed by atoms with Gasteiger partial charge in [0.05, 0.1) is 6.54 Å². The number of likely N-dealkylation sites (tertiary alicyclic amines) is 1. The van der Waals surface area contributed by atoms with Crippen LogP contribution in [0.4, 0.5) is 13.2 Å². The number of sulfone groups is 1. The van der Waals surface area contributed by atoms with Crippen molar-refractivity contribution in [3.05, 3.63) is 17.5 Å². The number of nitrogens with zero attached hydrogens (tertiary/aromatic N) is 4. The standard InChI is InChI=1S/C15H21F3N4O3S/c1-10-8-19-14(26(3,24)25)20-12(10)13(23)21(2)11-4-6-22(7-5-11)9-15(16,17)18/h8,11H,4-7,9H2,1-3H3. The van der Waals surface area contributed by atoms with Crippen LogP contribution in [-0.4, -0.2) is 79.2 Å². The number of rotatable bonds is 4. The second kappa shape index (κ2) is 7.47. The molecule has 0 N–H and O–H groups in total. The summed E-state index contributed by atoms with van der Waals surface area (Å²) in [4.78, 5) is 23.0. The lowest BCUT2D eigenvalue weighted by Crippen LogP contribution is -2.48. The normalized spacial score (nSPS) is 17.3. The lowest BCUT2D eigenvalue weighted by atomic mass is 10.0. The summed E-state index contributed by atoms with van der Waals surface area (Å²) in [5.41, 5.74) is 0.421. The minimum Gasteiger partial charge on any atom is -0.337 e. The molecule has 0 aliphatic carbocycles. The molecule has 2 heterocycles. The number of piperidine rings is 1. The number of amides is 1. The maximum absolute atomic E-state index is 12.7. The van der Waals surface area contributed by atoms with Crippen LogP contribution in [0.5, 0.6) is 0 Å². The number of hydrogen-bond acceptors (Lipinski definition) is 6. The first-order chi connectivity index (χ1) is 11.9. The second-order valence-electron chi connectivity index (χ2n) is 6.49. The molecule has 7 nitrogen and oxygen atoms in total. The summed E-state index contributed by atoms with van der Waals surface area (Å²) in [5, 5.41) is -0.431. The van der Waals surface area contributed by atoms with E-state index < -0.39 is 33.6 Å². The summed E-state index contributed by atoms with van der Waals surface area (Å²) < 4.78 is 60.6. The molecule has 0 aromatic carbocycles.